The maximum absolute atomic E-state index is 13.4. The van der Waals surface area contributed by atoms with E-state index >= 15 is 0 Å². The number of pyridine rings is 1. The highest BCUT2D eigenvalue weighted by atomic mass is 32.1. The highest BCUT2D eigenvalue weighted by Crippen LogP contribution is 2.42. The number of anilines is 1. The van der Waals surface area contributed by atoms with Crippen LogP contribution in [0.1, 0.15) is 54.2 Å². The van der Waals surface area contributed by atoms with Gasteiger partial charge in [-0.05, 0) is 64.7 Å². The van der Waals surface area contributed by atoms with E-state index in [-0.39, 0.29) is 18.1 Å². The first-order chi connectivity index (χ1) is 15.9. The van der Waals surface area contributed by atoms with Crippen LogP contribution in [0.4, 0.5) is 5.13 Å². The molecule has 0 spiro atoms. The molecule has 2 aromatic heterocycles. The van der Waals surface area contributed by atoms with E-state index in [1.165, 1.54) is 11.3 Å². The van der Waals surface area contributed by atoms with Crippen molar-refractivity contribution in [3.63, 3.8) is 0 Å². The molecule has 1 aromatic carbocycles. The van der Waals surface area contributed by atoms with Gasteiger partial charge in [0.25, 0.3) is 5.91 Å². The summed E-state index contributed by atoms with van der Waals surface area (Å²) in [6.45, 7) is 6.35. The number of hydrogen-bond donors (Lipinski definition) is 0. The van der Waals surface area contributed by atoms with Gasteiger partial charge in [-0.1, -0.05) is 18.2 Å². The van der Waals surface area contributed by atoms with E-state index in [9.17, 15) is 4.79 Å². The normalized spacial score (nSPS) is 16.0. The number of amides is 1. The maximum atomic E-state index is 13.4. The first-order valence-electron chi connectivity index (χ1n) is 11.5. The van der Waals surface area contributed by atoms with Crippen LogP contribution in [0, 0.1) is 6.92 Å². The first kappa shape index (κ1) is 21.9. The van der Waals surface area contributed by atoms with Crippen LogP contribution >= 0.6 is 11.3 Å². The molecule has 172 valence electrons. The molecule has 6 nitrogen and oxygen atoms in total. The summed E-state index contributed by atoms with van der Waals surface area (Å²) < 4.78 is 12.1. The number of rotatable bonds is 6. The molecule has 2 aliphatic rings. The molecular weight excluding hydrogens is 434 g/mol. The van der Waals surface area contributed by atoms with Crippen LogP contribution in [0.5, 0.6) is 11.5 Å². The minimum absolute atomic E-state index is 0.0870. The Morgan fingerprint density at radius 3 is 2.79 bits per heavy atom. The maximum Gasteiger partial charge on any atom is 0.267 e. The fourth-order valence-corrected chi connectivity index (χ4v) is 5.65. The number of thiazole rings is 1. The molecule has 0 radical (unpaired) electrons. The van der Waals surface area contributed by atoms with E-state index < -0.39 is 0 Å². The van der Waals surface area contributed by atoms with Crippen molar-refractivity contribution in [3.05, 3.63) is 63.9 Å². The van der Waals surface area contributed by atoms with E-state index in [0.717, 1.165) is 59.2 Å². The van der Waals surface area contributed by atoms with Crippen molar-refractivity contribution in [1.82, 2.24) is 9.97 Å². The Balaban J connectivity index is 1.38. The lowest BCUT2D eigenvalue weighted by atomic mass is 10.0. The molecule has 0 atom stereocenters. The predicted octanol–water partition coefficient (Wildman–Crippen LogP) is 5.05. The van der Waals surface area contributed by atoms with Crippen molar-refractivity contribution < 1.29 is 14.3 Å². The Bertz CT molecular complexity index is 1160. The zero-order valence-electron chi connectivity index (χ0n) is 19.4. The first-order valence-corrected chi connectivity index (χ1v) is 12.3. The minimum atomic E-state index is -0.269. The average molecular weight is 464 g/mol. The van der Waals surface area contributed by atoms with Gasteiger partial charge in [0.15, 0.2) is 23.2 Å². The van der Waals surface area contributed by atoms with Gasteiger partial charge in [-0.15, -0.1) is 11.3 Å². The van der Waals surface area contributed by atoms with Gasteiger partial charge in [0.05, 0.1) is 17.9 Å². The van der Waals surface area contributed by atoms with Crippen molar-refractivity contribution in [1.29, 1.82) is 0 Å². The molecule has 0 bridgehead atoms. The summed E-state index contributed by atoms with van der Waals surface area (Å²) >= 11 is 1.62. The molecule has 33 heavy (non-hydrogen) atoms. The SMILES string of the molecule is Cc1cccc(CN(C(=O)COc2cccc3c2OC(C)(C)C3)c2nc3c(s2)CCCC3)n1. The number of carbonyl (C=O) groups excluding carboxylic acids is 1. The third kappa shape index (κ3) is 4.74. The van der Waals surface area contributed by atoms with Crippen LogP contribution < -0.4 is 14.4 Å². The number of carbonyl (C=O) groups is 1. The van der Waals surface area contributed by atoms with Crippen LogP contribution in [0.25, 0.3) is 0 Å². The van der Waals surface area contributed by atoms with E-state index in [4.69, 9.17) is 14.5 Å². The van der Waals surface area contributed by atoms with Crippen molar-refractivity contribution in [3.8, 4) is 11.5 Å². The third-order valence-electron chi connectivity index (χ3n) is 6.04. The summed E-state index contributed by atoms with van der Waals surface area (Å²) in [5.74, 6) is 1.21. The van der Waals surface area contributed by atoms with Gasteiger partial charge in [-0.3, -0.25) is 14.7 Å². The lowest BCUT2D eigenvalue weighted by molar-refractivity contribution is -0.120. The molecular formula is C26H29N3O3S. The van der Waals surface area contributed by atoms with E-state index in [2.05, 4.69) is 24.9 Å². The fourth-order valence-electron chi connectivity index (χ4n) is 4.48. The van der Waals surface area contributed by atoms with Crippen LogP contribution in [0.15, 0.2) is 36.4 Å². The highest BCUT2D eigenvalue weighted by molar-refractivity contribution is 7.15. The van der Waals surface area contributed by atoms with Gasteiger partial charge in [0.1, 0.15) is 5.60 Å². The molecule has 3 aromatic rings. The molecule has 5 rings (SSSR count). The van der Waals surface area contributed by atoms with Crippen molar-refractivity contribution >= 4 is 22.4 Å². The second-order valence-corrected chi connectivity index (χ2v) is 10.5. The van der Waals surface area contributed by atoms with Crippen molar-refractivity contribution in [2.75, 3.05) is 11.5 Å². The zero-order chi connectivity index (χ0) is 23.0. The Morgan fingerprint density at radius 1 is 1.15 bits per heavy atom. The number of benzene rings is 1. The van der Waals surface area contributed by atoms with E-state index in [1.54, 1.807) is 16.2 Å². The number of fused-ring (bicyclic) bond motifs is 2. The molecule has 1 aliphatic carbocycles. The largest absolute Gasteiger partial charge is 0.483 e. The Labute approximate surface area is 198 Å². The number of hydrogen-bond acceptors (Lipinski definition) is 6. The topological polar surface area (TPSA) is 64.6 Å². The van der Waals surface area contributed by atoms with Crippen LogP contribution in [0.2, 0.25) is 0 Å². The highest BCUT2D eigenvalue weighted by Gasteiger charge is 2.33. The number of aryl methyl sites for hydroxylation is 3. The lowest BCUT2D eigenvalue weighted by Gasteiger charge is -2.21. The Hall–Kier alpha value is -2.93. The van der Waals surface area contributed by atoms with Crippen LogP contribution in [-0.4, -0.2) is 28.1 Å². The third-order valence-corrected chi connectivity index (χ3v) is 7.22. The zero-order valence-corrected chi connectivity index (χ0v) is 20.2. The van der Waals surface area contributed by atoms with Gasteiger partial charge in [-0.25, -0.2) is 4.98 Å². The number of ether oxygens (including phenoxy) is 2. The minimum Gasteiger partial charge on any atom is -0.483 e. The Morgan fingerprint density at radius 2 is 1.97 bits per heavy atom. The Kier molecular flexibility index (Phi) is 5.83. The molecule has 0 N–H and O–H groups in total. The van der Waals surface area contributed by atoms with Gasteiger partial charge in [0.2, 0.25) is 0 Å². The molecule has 0 saturated heterocycles. The van der Waals surface area contributed by atoms with Crippen molar-refractivity contribution in [2.45, 2.75) is 65.0 Å². The van der Waals surface area contributed by atoms with Gasteiger partial charge < -0.3 is 9.47 Å². The monoisotopic (exact) mass is 463 g/mol. The molecule has 0 saturated carbocycles. The number of nitrogens with zero attached hydrogens (tertiary/aromatic N) is 3. The molecule has 1 amide bonds. The summed E-state index contributed by atoms with van der Waals surface area (Å²) in [6, 6.07) is 11.7. The van der Waals surface area contributed by atoms with E-state index in [1.807, 2.05) is 37.3 Å². The fraction of sp³-hybridized carbons (Fsp3) is 0.423. The summed E-state index contributed by atoms with van der Waals surface area (Å²) in [5.41, 5.74) is 3.73. The van der Waals surface area contributed by atoms with Gasteiger partial charge in [0, 0.05) is 22.6 Å². The second-order valence-electron chi connectivity index (χ2n) is 9.40. The molecule has 0 unspecified atom stereocenters. The van der Waals surface area contributed by atoms with Crippen LogP contribution in [0.3, 0.4) is 0 Å². The van der Waals surface area contributed by atoms with E-state index in [0.29, 0.717) is 12.3 Å². The summed E-state index contributed by atoms with van der Waals surface area (Å²) in [5, 5.41) is 0.731. The molecule has 0 fully saturated rings. The molecule has 1 aliphatic heterocycles. The summed E-state index contributed by atoms with van der Waals surface area (Å²) in [6.07, 6.45) is 5.18. The van der Waals surface area contributed by atoms with Crippen LogP contribution in [-0.2, 0) is 30.6 Å². The molecule has 3 heterocycles. The quantitative estimate of drug-likeness (QED) is 0.512. The summed E-state index contributed by atoms with van der Waals surface area (Å²) in [7, 11) is 0. The molecule has 7 heteroatoms. The number of aromatic nitrogens is 2. The second kappa shape index (κ2) is 8.78. The van der Waals surface area contributed by atoms with Crippen molar-refractivity contribution in [2.24, 2.45) is 0 Å². The number of para-hydroxylation sites is 1. The van der Waals surface area contributed by atoms with Gasteiger partial charge >= 0.3 is 0 Å². The lowest BCUT2D eigenvalue weighted by Crippen LogP contribution is -2.35. The smallest absolute Gasteiger partial charge is 0.267 e. The predicted molar refractivity (Wildman–Crippen MR) is 129 cm³/mol. The average Bonchev–Trinajstić information content (AvgIpc) is 3.35. The summed E-state index contributed by atoms with van der Waals surface area (Å²) in [4.78, 5) is 25.9. The van der Waals surface area contributed by atoms with Gasteiger partial charge in [-0.2, -0.15) is 0 Å². The standard InChI is InChI=1S/C26H29N3O3S/c1-17-8-6-10-19(27-17)15-29(25-28-20-11-4-5-13-22(20)33-25)23(30)16-31-21-12-7-9-18-14-26(2,3)32-24(18)21/h6-10,12H,4-5,11,13-16H2,1-3H3.